The molecule has 1 aromatic heterocycles. The van der Waals surface area contributed by atoms with Crippen LogP contribution in [0.4, 0.5) is 0 Å². The van der Waals surface area contributed by atoms with E-state index in [1.54, 1.807) is 18.5 Å². The molecule has 1 amide bonds. The fourth-order valence-corrected chi connectivity index (χ4v) is 2.37. The number of rotatable bonds is 4. The molecule has 1 unspecified atom stereocenters. The molecular formula is C13H20N4O. The molecule has 0 saturated carbocycles. The summed E-state index contributed by atoms with van der Waals surface area (Å²) in [4.78, 5) is 14.4. The Morgan fingerprint density at radius 1 is 1.56 bits per heavy atom. The molecule has 1 fully saturated rings. The number of nitrogens with zero attached hydrogens (tertiary/aromatic N) is 3. The molecule has 0 radical (unpaired) electrons. The van der Waals surface area contributed by atoms with Crippen LogP contribution >= 0.6 is 0 Å². The molecular weight excluding hydrogens is 228 g/mol. The zero-order valence-corrected chi connectivity index (χ0v) is 10.8. The van der Waals surface area contributed by atoms with Crippen molar-refractivity contribution in [3.8, 4) is 0 Å². The SMILES string of the molecule is CCCN(C(=O)c1ccnnc1)C1CCCNC1. The highest BCUT2D eigenvalue weighted by Gasteiger charge is 2.25. The number of piperidine rings is 1. The van der Waals surface area contributed by atoms with Gasteiger partial charge in [-0.1, -0.05) is 6.92 Å². The Balaban J connectivity index is 2.11. The Bertz CT molecular complexity index is 376. The maximum Gasteiger partial charge on any atom is 0.255 e. The number of aromatic nitrogens is 2. The van der Waals surface area contributed by atoms with Crippen LogP contribution in [-0.2, 0) is 0 Å². The summed E-state index contributed by atoms with van der Waals surface area (Å²) in [6.07, 6.45) is 6.29. The largest absolute Gasteiger partial charge is 0.334 e. The van der Waals surface area contributed by atoms with E-state index >= 15 is 0 Å². The van der Waals surface area contributed by atoms with Gasteiger partial charge >= 0.3 is 0 Å². The normalized spacial score (nSPS) is 19.5. The van der Waals surface area contributed by atoms with E-state index in [1.165, 1.54) is 0 Å². The van der Waals surface area contributed by atoms with E-state index in [2.05, 4.69) is 22.4 Å². The standard InChI is InChI=1S/C13H20N4O/c1-2-8-17(12-4-3-6-14-10-12)13(18)11-5-7-15-16-9-11/h5,7,9,12,14H,2-4,6,8,10H2,1H3. The molecule has 0 bridgehead atoms. The van der Waals surface area contributed by atoms with E-state index in [-0.39, 0.29) is 5.91 Å². The van der Waals surface area contributed by atoms with Crippen molar-refractivity contribution in [2.45, 2.75) is 32.2 Å². The van der Waals surface area contributed by atoms with Gasteiger partial charge in [0.2, 0.25) is 0 Å². The zero-order chi connectivity index (χ0) is 12.8. The predicted molar refractivity (Wildman–Crippen MR) is 69.3 cm³/mol. The minimum absolute atomic E-state index is 0.0699. The van der Waals surface area contributed by atoms with E-state index in [4.69, 9.17) is 0 Å². The van der Waals surface area contributed by atoms with Gasteiger partial charge in [-0.15, -0.1) is 0 Å². The minimum atomic E-state index is 0.0699. The van der Waals surface area contributed by atoms with Gasteiger partial charge in [-0.2, -0.15) is 10.2 Å². The van der Waals surface area contributed by atoms with E-state index < -0.39 is 0 Å². The van der Waals surface area contributed by atoms with Gasteiger partial charge in [0.1, 0.15) is 0 Å². The molecule has 2 heterocycles. The number of carbonyl (C=O) groups is 1. The minimum Gasteiger partial charge on any atom is -0.334 e. The van der Waals surface area contributed by atoms with Crippen LogP contribution in [0.3, 0.4) is 0 Å². The highest BCUT2D eigenvalue weighted by molar-refractivity contribution is 5.94. The summed E-state index contributed by atoms with van der Waals surface area (Å²) < 4.78 is 0. The summed E-state index contributed by atoms with van der Waals surface area (Å²) in [5.41, 5.74) is 0.629. The van der Waals surface area contributed by atoms with Crippen LogP contribution in [0.2, 0.25) is 0 Å². The van der Waals surface area contributed by atoms with Crippen LogP contribution in [0.5, 0.6) is 0 Å². The third-order valence-electron chi connectivity index (χ3n) is 3.27. The van der Waals surface area contributed by atoms with Crippen LogP contribution in [0.1, 0.15) is 36.5 Å². The topological polar surface area (TPSA) is 58.1 Å². The summed E-state index contributed by atoms with van der Waals surface area (Å²) in [7, 11) is 0. The van der Waals surface area contributed by atoms with Crippen LogP contribution in [0, 0.1) is 0 Å². The lowest BCUT2D eigenvalue weighted by Gasteiger charge is -2.34. The molecule has 5 nitrogen and oxygen atoms in total. The first-order valence-electron chi connectivity index (χ1n) is 6.61. The lowest BCUT2D eigenvalue weighted by Crippen LogP contribution is -2.49. The molecule has 98 valence electrons. The molecule has 2 rings (SSSR count). The second-order valence-corrected chi connectivity index (χ2v) is 4.63. The first-order chi connectivity index (χ1) is 8.83. The molecule has 1 aliphatic heterocycles. The number of nitrogens with one attached hydrogen (secondary N) is 1. The Labute approximate surface area is 108 Å². The lowest BCUT2D eigenvalue weighted by molar-refractivity contribution is 0.0648. The summed E-state index contributed by atoms with van der Waals surface area (Å²) in [6.45, 7) is 4.85. The summed E-state index contributed by atoms with van der Waals surface area (Å²) in [6, 6.07) is 2.04. The van der Waals surface area contributed by atoms with E-state index in [9.17, 15) is 4.79 Å². The van der Waals surface area contributed by atoms with Crippen LogP contribution in [0.15, 0.2) is 18.5 Å². The van der Waals surface area contributed by atoms with Crippen LogP contribution in [0.25, 0.3) is 0 Å². The van der Waals surface area contributed by atoms with Crippen molar-refractivity contribution in [3.63, 3.8) is 0 Å². The van der Waals surface area contributed by atoms with Crippen LogP contribution < -0.4 is 5.32 Å². The fourth-order valence-electron chi connectivity index (χ4n) is 2.37. The maximum absolute atomic E-state index is 12.5. The monoisotopic (exact) mass is 248 g/mol. The van der Waals surface area contributed by atoms with Gasteiger partial charge in [-0.05, 0) is 31.9 Å². The number of amides is 1. The summed E-state index contributed by atoms with van der Waals surface area (Å²) in [5, 5.41) is 10.9. The molecule has 0 aliphatic carbocycles. The molecule has 1 atom stereocenters. The second-order valence-electron chi connectivity index (χ2n) is 4.63. The van der Waals surface area contributed by atoms with Crippen molar-refractivity contribution in [1.82, 2.24) is 20.4 Å². The summed E-state index contributed by atoms with van der Waals surface area (Å²) in [5.74, 6) is 0.0699. The maximum atomic E-state index is 12.5. The molecule has 5 heteroatoms. The molecule has 1 N–H and O–H groups in total. The fraction of sp³-hybridized carbons (Fsp3) is 0.615. The van der Waals surface area contributed by atoms with Crippen molar-refractivity contribution >= 4 is 5.91 Å². The first kappa shape index (κ1) is 13.0. The quantitative estimate of drug-likeness (QED) is 0.866. The highest BCUT2D eigenvalue weighted by Crippen LogP contribution is 2.14. The zero-order valence-electron chi connectivity index (χ0n) is 10.8. The molecule has 1 aromatic rings. The smallest absolute Gasteiger partial charge is 0.255 e. The van der Waals surface area contributed by atoms with Crippen molar-refractivity contribution in [2.24, 2.45) is 0 Å². The third kappa shape index (κ3) is 3.04. The number of carbonyl (C=O) groups excluding carboxylic acids is 1. The Hall–Kier alpha value is -1.49. The number of hydrogen-bond acceptors (Lipinski definition) is 4. The van der Waals surface area contributed by atoms with Gasteiger partial charge in [-0.25, -0.2) is 0 Å². The molecule has 1 saturated heterocycles. The number of hydrogen-bond donors (Lipinski definition) is 1. The van der Waals surface area contributed by atoms with Crippen molar-refractivity contribution in [3.05, 3.63) is 24.0 Å². The van der Waals surface area contributed by atoms with Crippen LogP contribution in [-0.4, -0.2) is 46.7 Å². The Morgan fingerprint density at radius 3 is 3.06 bits per heavy atom. The first-order valence-corrected chi connectivity index (χ1v) is 6.61. The van der Waals surface area contributed by atoms with Gasteiger partial charge in [0, 0.05) is 19.1 Å². The Kier molecular flexibility index (Phi) is 4.64. The second kappa shape index (κ2) is 6.44. The summed E-state index contributed by atoms with van der Waals surface area (Å²) >= 11 is 0. The van der Waals surface area contributed by atoms with Gasteiger partial charge in [0.15, 0.2) is 0 Å². The van der Waals surface area contributed by atoms with Crippen molar-refractivity contribution in [1.29, 1.82) is 0 Å². The molecule has 18 heavy (non-hydrogen) atoms. The molecule has 0 spiro atoms. The molecule has 1 aliphatic rings. The van der Waals surface area contributed by atoms with Gasteiger partial charge in [0.25, 0.3) is 5.91 Å². The third-order valence-corrected chi connectivity index (χ3v) is 3.27. The lowest BCUT2D eigenvalue weighted by atomic mass is 10.0. The average Bonchev–Trinajstić information content (AvgIpc) is 2.46. The highest BCUT2D eigenvalue weighted by atomic mass is 16.2. The van der Waals surface area contributed by atoms with E-state index in [0.29, 0.717) is 11.6 Å². The van der Waals surface area contributed by atoms with Gasteiger partial charge < -0.3 is 10.2 Å². The predicted octanol–water partition coefficient (Wildman–Crippen LogP) is 1.08. The van der Waals surface area contributed by atoms with Gasteiger partial charge in [0.05, 0.1) is 18.0 Å². The van der Waals surface area contributed by atoms with Gasteiger partial charge in [-0.3, -0.25) is 4.79 Å². The van der Waals surface area contributed by atoms with Crippen molar-refractivity contribution in [2.75, 3.05) is 19.6 Å². The molecule has 0 aromatic carbocycles. The van der Waals surface area contributed by atoms with Crippen molar-refractivity contribution < 1.29 is 4.79 Å². The Morgan fingerprint density at radius 2 is 2.44 bits per heavy atom. The average molecular weight is 248 g/mol. The van der Waals surface area contributed by atoms with E-state index in [0.717, 1.165) is 38.9 Å². The van der Waals surface area contributed by atoms with E-state index in [1.807, 2.05) is 4.90 Å².